The summed E-state index contributed by atoms with van der Waals surface area (Å²) in [5.74, 6) is 0. The van der Waals surface area contributed by atoms with Gasteiger partial charge in [0.2, 0.25) is 0 Å². The molecule has 0 atom stereocenters. The van der Waals surface area contributed by atoms with Gasteiger partial charge in [0.25, 0.3) is 5.56 Å². The van der Waals surface area contributed by atoms with Crippen LogP contribution in [0.2, 0.25) is 0 Å². The minimum Gasteiger partial charge on any atom is -0.466 e. The first-order valence-corrected chi connectivity index (χ1v) is 7.17. The number of ether oxygens (including phenoxy) is 2. The Morgan fingerprint density at radius 1 is 1.27 bits per heavy atom. The molecule has 0 bridgehead atoms. The van der Waals surface area contributed by atoms with E-state index in [0.717, 1.165) is 43.1 Å². The summed E-state index contributed by atoms with van der Waals surface area (Å²) in [5.41, 5.74) is 1.40. The molecule has 7 heteroatoms. The third kappa shape index (κ3) is 2.77. The first-order valence-electron chi connectivity index (χ1n) is 7.17. The number of benzene rings is 1. The average Bonchev–Trinajstić information content (AvgIpc) is 2.56. The van der Waals surface area contributed by atoms with Crippen molar-refractivity contribution in [2.24, 2.45) is 0 Å². The van der Waals surface area contributed by atoms with E-state index in [1.54, 1.807) is 0 Å². The lowest BCUT2D eigenvalue weighted by atomic mass is 10.1. The van der Waals surface area contributed by atoms with E-state index in [1.807, 2.05) is 18.2 Å². The highest BCUT2D eigenvalue weighted by Gasteiger charge is 2.14. The Morgan fingerprint density at radius 2 is 2.05 bits per heavy atom. The molecule has 1 saturated heterocycles. The molecule has 0 radical (unpaired) electrons. The van der Waals surface area contributed by atoms with Gasteiger partial charge >= 0.3 is 6.01 Å². The van der Waals surface area contributed by atoms with Crippen molar-refractivity contribution in [1.29, 1.82) is 0 Å². The zero-order valence-corrected chi connectivity index (χ0v) is 12.7. The molecule has 2 heterocycles. The van der Waals surface area contributed by atoms with Gasteiger partial charge in [0.1, 0.15) is 7.11 Å². The van der Waals surface area contributed by atoms with Crippen molar-refractivity contribution < 1.29 is 14.3 Å². The minimum atomic E-state index is -0.270. The summed E-state index contributed by atoms with van der Waals surface area (Å²) in [4.78, 5) is 24.1. The number of hydrogen-bond acceptors (Lipinski definition) is 6. The standard InChI is InChI=1S/C15H19N3O4/c1-20-15-16-13-4-3-11(10-17-5-7-22-8-6-17)9-12(13)14(19)18(15)21-2/h3-4,9H,5-8,10H2,1-2H3. The molecule has 22 heavy (non-hydrogen) atoms. The summed E-state index contributed by atoms with van der Waals surface area (Å²) in [6.45, 7) is 4.10. The molecule has 2 aromatic rings. The summed E-state index contributed by atoms with van der Waals surface area (Å²) < 4.78 is 11.5. The molecular weight excluding hydrogens is 286 g/mol. The Bertz CT molecular complexity index is 723. The molecule has 1 aromatic carbocycles. The third-order valence-corrected chi connectivity index (χ3v) is 3.74. The maximum absolute atomic E-state index is 12.5. The van der Waals surface area contributed by atoms with Crippen LogP contribution in [0.3, 0.4) is 0 Å². The summed E-state index contributed by atoms with van der Waals surface area (Å²) in [6.07, 6.45) is 0. The van der Waals surface area contributed by atoms with Gasteiger partial charge in [0.15, 0.2) is 0 Å². The second-order valence-corrected chi connectivity index (χ2v) is 5.12. The van der Waals surface area contributed by atoms with Crippen LogP contribution in [0, 0.1) is 0 Å². The number of rotatable bonds is 4. The van der Waals surface area contributed by atoms with E-state index in [0.29, 0.717) is 10.9 Å². The van der Waals surface area contributed by atoms with Crippen molar-refractivity contribution in [2.75, 3.05) is 40.5 Å². The number of morpholine rings is 1. The average molecular weight is 305 g/mol. The quantitative estimate of drug-likeness (QED) is 0.809. The molecule has 1 aliphatic heterocycles. The van der Waals surface area contributed by atoms with Crippen molar-refractivity contribution in [1.82, 2.24) is 14.6 Å². The maximum atomic E-state index is 12.5. The van der Waals surface area contributed by atoms with Gasteiger partial charge in [-0.15, -0.1) is 0 Å². The van der Waals surface area contributed by atoms with Crippen LogP contribution < -0.4 is 15.1 Å². The monoisotopic (exact) mass is 305 g/mol. The fraction of sp³-hybridized carbons (Fsp3) is 0.467. The molecule has 1 fully saturated rings. The van der Waals surface area contributed by atoms with Gasteiger partial charge in [-0.05, 0) is 17.7 Å². The SMILES string of the molecule is COc1nc2ccc(CN3CCOCC3)cc2c(=O)n1OC. The predicted molar refractivity (Wildman–Crippen MR) is 81.2 cm³/mol. The van der Waals surface area contributed by atoms with Gasteiger partial charge in [-0.2, -0.15) is 4.98 Å². The minimum absolute atomic E-state index is 0.140. The van der Waals surface area contributed by atoms with Gasteiger partial charge in [-0.3, -0.25) is 9.69 Å². The Kier molecular flexibility index (Phi) is 4.26. The number of methoxy groups -OCH3 is 1. The highest BCUT2D eigenvalue weighted by Crippen LogP contribution is 2.16. The molecule has 1 aliphatic rings. The van der Waals surface area contributed by atoms with E-state index in [4.69, 9.17) is 14.3 Å². The van der Waals surface area contributed by atoms with Crippen molar-refractivity contribution in [3.63, 3.8) is 0 Å². The molecule has 7 nitrogen and oxygen atoms in total. The fourth-order valence-electron chi connectivity index (χ4n) is 2.60. The molecule has 0 unspecified atom stereocenters. The van der Waals surface area contributed by atoms with Crippen LogP contribution in [0.15, 0.2) is 23.0 Å². The molecule has 0 aliphatic carbocycles. The number of hydrogen-bond donors (Lipinski definition) is 0. The maximum Gasteiger partial charge on any atom is 0.334 e. The number of fused-ring (bicyclic) bond motifs is 1. The van der Waals surface area contributed by atoms with Crippen LogP contribution in [0.1, 0.15) is 5.56 Å². The Balaban J connectivity index is 1.98. The van der Waals surface area contributed by atoms with Gasteiger partial charge in [0.05, 0.1) is 31.2 Å². The van der Waals surface area contributed by atoms with Crippen LogP contribution in [0.25, 0.3) is 10.9 Å². The first kappa shape index (κ1) is 14.8. The van der Waals surface area contributed by atoms with Gasteiger partial charge in [-0.1, -0.05) is 10.8 Å². The second-order valence-electron chi connectivity index (χ2n) is 5.12. The molecular formula is C15H19N3O4. The molecule has 0 spiro atoms. The lowest BCUT2D eigenvalue weighted by molar-refractivity contribution is 0.0342. The Hall–Kier alpha value is -2.12. The molecule has 118 valence electrons. The van der Waals surface area contributed by atoms with E-state index in [9.17, 15) is 4.79 Å². The van der Waals surface area contributed by atoms with Crippen LogP contribution in [0.5, 0.6) is 6.01 Å². The van der Waals surface area contributed by atoms with Crippen molar-refractivity contribution in [3.05, 3.63) is 34.1 Å². The number of nitrogens with zero attached hydrogens (tertiary/aromatic N) is 3. The summed E-state index contributed by atoms with van der Waals surface area (Å²) in [7, 11) is 2.87. The van der Waals surface area contributed by atoms with Crippen LogP contribution in [-0.4, -0.2) is 55.1 Å². The highest BCUT2D eigenvalue weighted by molar-refractivity contribution is 5.78. The Morgan fingerprint density at radius 3 is 2.73 bits per heavy atom. The third-order valence-electron chi connectivity index (χ3n) is 3.74. The van der Waals surface area contributed by atoms with E-state index < -0.39 is 0 Å². The van der Waals surface area contributed by atoms with Crippen molar-refractivity contribution in [2.45, 2.75) is 6.54 Å². The van der Waals surface area contributed by atoms with E-state index in [1.165, 1.54) is 14.2 Å². The number of aromatic nitrogens is 2. The zero-order valence-electron chi connectivity index (χ0n) is 12.7. The van der Waals surface area contributed by atoms with E-state index in [-0.39, 0.29) is 11.6 Å². The smallest absolute Gasteiger partial charge is 0.334 e. The lowest BCUT2D eigenvalue weighted by Gasteiger charge is -2.26. The molecule has 1 aromatic heterocycles. The fourth-order valence-corrected chi connectivity index (χ4v) is 2.60. The lowest BCUT2D eigenvalue weighted by Crippen LogP contribution is -2.35. The second kappa shape index (κ2) is 6.33. The van der Waals surface area contributed by atoms with Crippen molar-refractivity contribution in [3.8, 4) is 6.01 Å². The van der Waals surface area contributed by atoms with Gasteiger partial charge in [0, 0.05) is 19.6 Å². The normalized spacial score (nSPS) is 15.9. The van der Waals surface area contributed by atoms with Crippen LogP contribution >= 0.6 is 0 Å². The largest absolute Gasteiger partial charge is 0.466 e. The molecule has 3 rings (SSSR count). The summed E-state index contributed by atoms with van der Waals surface area (Å²) in [6, 6.07) is 5.84. The van der Waals surface area contributed by atoms with Gasteiger partial charge < -0.3 is 14.3 Å². The zero-order chi connectivity index (χ0) is 15.5. The Labute approximate surface area is 128 Å². The van der Waals surface area contributed by atoms with E-state index >= 15 is 0 Å². The molecule has 0 saturated carbocycles. The summed E-state index contributed by atoms with van der Waals surface area (Å²) >= 11 is 0. The highest BCUT2D eigenvalue weighted by atomic mass is 16.7. The molecule has 0 N–H and O–H groups in total. The van der Waals surface area contributed by atoms with Crippen LogP contribution in [-0.2, 0) is 11.3 Å². The summed E-state index contributed by atoms with van der Waals surface area (Å²) in [5, 5.41) is 0.522. The predicted octanol–water partition coefficient (Wildman–Crippen LogP) is 0.296. The van der Waals surface area contributed by atoms with Crippen molar-refractivity contribution >= 4 is 10.9 Å². The molecule has 0 amide bonds. The van der Waals surface area contributed by atoms with Gasteiger partial charge in [-0.25, -0.2) is 0 Å². The topological polar surface area (TPSA) is 65.8 Å². The first-order chi connectivity index (χ1) is 10.7. The van der Waals surface area contributed by atoms with Crippen LogP contribution in [0.4, 0.5) is 0 Å². The van der Waals surface area contributed by atoms with E-state index in [2.05, 4.69) is 9.88 Å².